The molecule has 0 radical (unpaired) electrons. The number of nitrogens with one attached hydrogen (secondary N) is 1. The van der Waals surface area contributed by atoms with Crippen LogP contribution >= 0.6 is 0 Å². The van der Waals surface area contributed by atoms with Gasteiger partial charge >= 0.3 is 0 Å². The predicted octanol–water partition coefficient (Wildman–Crippen LogP) is 3.65. The molecule has 1 fully saturated rings. The number of nitrogens with zero attached hydrogens (tertiary/aromatic N) is 1. The maximum absolute atomic E-state index is 12.7. The molecule has 0 bridgehead atoms. The first-order valence-electron chi connectivity index (χ1n) is 10.5. The number of fused-ring (bicyclic) bond motifs is 4. The lowest BCUT2D eigenvalue weighted by atomic mass is 9.83. The van der Waals surface area contributed by atoms with Gasteiger partial charge in [0.2, 0.25) is 0 Å². The molecule has 1 aromatic heterocycles. The molecule has 6 nitrogen and oxygen atoms in total. The number of carbonyl (C=O) groups excluding carboxylic acids is 1. The maximum Gasteiger partial charge on any atom is 0.260 e. The molecule has 1 amide bonds. The van der Waals surface area contributed by atoms with Crippen LogP contribution in [0.15, 0.2) is 48.5 Å². The molecule has 3 aromatic rings. The standard InChI is InChI=1S/C24H26N2O4/c1-28-20-8-4-5-9-21(20)29-16-22(27)26-13-11-24(12-14-26)23-18(10-15-30-24)17-6-2-3-7-19(17)25-23/h2-9,25H,10-16H2,1H3. The van der Waals surface area contributed by atoms with Crippen molar-refractivity contribution in [3.63, 3.8) is 0 Å². The van der Waals surface area contributed by atoms with Crippen LogP contribution in [0.1, 0.15) is 24.1 Å². The van der Waals surface area contributed by atoms with Gasteiger partial charge in [0.25, 0.3) is 5.91 Å². The molecule has 0 aliphatic carbocycles. The van der Waals surface area contributed by atoms with Crippen LogP contribution in [0.3, 0.4) is 0 Å². The lowest BCUT2D eigenvalue weighted by Crippen LogP contribution is -2.49. The summed E-state index contributed by atoms with van der Waals surface area (Å²) in [5.74, 6) is 1.20. The number of para-hydroxylation sites is 3. The number of H-pyrrole nitrogens is 1. The molecular formula is C24H26N2O4. The molecule has 2 aliphatic rings. The Kier molecular flexibility index (Phi) is 4.87. The zero-order chi connectivity index (χ0) is 20.6. The van der Waals surface area contributed by atoms with Crippen LogP contribution in [0.5, 0.6) is 11.5 Å². The second-order valence-corrected chi connectivity index (χ2v) is 7.94. The largest absolute Gasteiger partial charge is 0.493 e. The van der Waals surface area contributed by atoms with Gasteiger partial charge in [-0.3, -0.25) is 4.79 Å². The van der Waals surface area contributed by atoms with E-state index in [1.165, 1.54) is 16.6 Å². The Bertz CT molecular complexity index is 1070. The summed E-state index contributed by atoms with van der Waals surface area (Å²) in [5, 5.41) is 1.29. The van der Waals surface area contributed by atoms with Gasteiger partial charge in [-0.1, -0.05) is 30.3 Å². The molecule has 0 unspecified atom stereocenters. The summed E-state index contributed by atoms with van der Waals surface area (Å²) in [6.45, 7) is 2.04. The van der Waals surface area contributed by atoms with E-state index < -0.39 is 0 Å². The summed E-state index contributed by atoms with van der Waals surface area (Å²) in [7, 11) is 1.59. The van der Waals surface area contributed by atoms with Crippen molar-refractivity contribution < 1.29 is 19.0 Å². The minimum Gasteiger partial charge on any atom is -0.493 e. The van der Waals surface area contributed by atoms with Gasteiger partial charge in [-0.2, -0.15) is 0 Å². The number of piperidine rings is 1. The zero-order valence-electron chi connectivity index (χ0n) is 17.1. The summed E-state index contributed by atoms with van der Waals surface area (Å²) in [4.78, 5) is 18.2. The summed E-state index contributed by atoms with van der Waals surface area (Å²) in [6.07, 6.45) is 2.50. The SMILES string of the molecule is COc1ccccc1OCC(=O)N1CCC2(CC1)OCCc1c2[nH]c2ccccc12. The van der Waals surface area contributed by atoms with Gasteiger partial charge in [0.05, 0.1) is 19.4 Å². The van der Waals surface area contributed by atoms with E-state index in [1.807, 2.05) is 29.2 Å². The summed E-state index contributed by atoms with van der Waals surface area (Å²) < 4.78 is 17.3. The summed E-state index contributed by atoms with van der Waals surface area (Å²) in [6, 6.07) is 15.8. The number of carbonyl (C=O) groups is 1. The molecule has 2 aromatic carbocycles. The smallest absolute Gasteiger partial charge is 0.260 e. The van der Waals surface area contributed by atoms with E-state index in [4.69, 9.17) is 14.2 Å². The fourth-order valence-corrected chi connectivity index (χ4v) is 4.75. The molecule has 1 spiro atoms. The molecule has 6 heteroatoms. The number of ether oxygens (including phenoxy) is 3. The monoisotopic (exact) mass is 406 g/mol. The summed E-state index contributed by atoms with van der Waals surface area (Å²) >= 11 is 0. The Balaban J connectivity index is 1.27. The van der Waals surface area contributed by atoms with Gasteiger partial charge in [0.15, 0.2) is 18.1 Å². The molecule has 156 valence electrons. The molecule has 0 saturated carbocycles. The van der Waals surface area contributed by atoms with Crippen LogP contribution in [0.25, 0.3) is 10.9 Å². The first kappa shape index (κ1) is 19.0. The van der Waals surface area contributed by atoms with Gasteiger partial charge in [0, 0.05) is 24.0 Å². The van der Waals surface area contributed by atoms with Gasteiger partial charge in [-0.25, -0.2) is 0 Å². The van der Waals surface area contributed by atoms with Crippen molar-refractivity contribution >= 4 is 16.8 Å². The lowest BCUT2D eigenvalue weighted by molar-refractivity contribution is -0.143. The predicted molar refractivity (Wildman–Crippen MR) is 114 cm³/mol. The van der Waals surface area contributed by atoms with Gasteiger partial charge in [0.1, 0.15) is 5.60 Å². The van der Waals surface area contributed by atoms with E-state index in [1.54, 1.807) is 7.11 Å². The third-order valence-corrected chi connectivity index (χ3v) is 6.34. The highest BCUT2D eigenvalue weighted by atomic mass is 16.5. The Morgan fingerprint density at radius 2 is 1.83 bits per heavy atom. The van der Waals surface area contributed by atoms with Crippen molar-refractivity contribution in [2.45, 2.75) is 24.9 Å². The number of amides is 1. The Hall–Kier alpha value is -2.99. The van der Waals surface area contributed by atoms with Crippen LogP contribution in [-0.2, 0) is 21.6 Å². The number of likely N-dealkylation sites (tertiary alicyclic amines) is 1. The highest BCUT2D eigenvalue weighted by molar-refractivity contribution is 5.85. The number of hydrogen-bond acceptors (Lipinski definition) is 4. The minimum absolute atomic E-state index is 0.00582. The molecule has 3 heterocycles. The number of aromatic amines is 1. The first-order chi connectivity index (χ1) is 14.7. The number of hydrogen-bond donors (Lipinski definition) is 1. The Labute approximate surface area is 175 Å². The first-order valence-corrected chi connectivity index (χ1v) is 10.5. The van der Waals surface area contributed by atoms with E-state index in [0.29, 0.717) is 24.6 Å². The van der Waals surface area contributed by atoms with E-state index >= 15 is 0 Å². The van der Waals surface area contributed by atoms with Crippen LogP contribution in [0.4, 0.5) is 0 Å². The Morgan fingerprint density at radius 1 is 1.10 bits per heavy atom. The van der Waals surface area contributed by atoms with Gasteiger partial charge in [-0.15, -0.1) is 0 Å². The number of methoxy groups -OCH3 is 1. The van der Waals surface area contributed by atoms with Gasteiger partial charge in [-0.05, 0) is 43.0 Å². The van der Waals surface area contributed by atoms with E-state index in [9.17, 15) is 4.79 Å². The van der Waals surface area contributed by atoms with E-state index in [0.717, 1.165) is 31.4 Å². The number of benzene rings is 2. The molecule has 1 saturated heterocycles. The molecular weight excluding hydrogens is 380 g/mol. The second-order valence-electron chi connectivity index (χ2n) is 7.94. The van der Waals surface area contributed by atoms with E-state index in [-0.39, 0.29) is 18.1 Å². The van der Waals surface area contributed by atoms with Crippen molar-refractivity contribution in [1.82, 2.24) is 9.88 Å². The van der Waals surface area contributed by atoms with Crippen LogP contribution in [0, 0.1) is 0 Å². The normalized spacial score (nSPS) is 17.7. The quantitative estimate of drug-likeness (QED) is 0.718. The molecule has 2 aliphatic heterocycles. The van der Waals surface area contributed by atoms with E-state index in [2.05, 4.69) is 29.2 Å². The van der Waals surface area contributed by atoms with Gasteiger partial charge < -0.3 is 24.1 Å². The number of rotatable bonds is 4. The van der Waals surface area contributed by atoms with Crippen LogP contribution in [0.2, 0.25) is 0 Å². The fraction of sp³-hybridized carbons (Fsp3) is 0.375. The Morgan fingerprint density at radius 3 is 2.63 bits per heavy atom. The zero-order valence-corrected chi connectivity index (χ0v) is 17.1. The maximum atomic E-state index is 12.7. The van der Waals surface area contributed by atoms with Crippen molar-refractivity contribution in [3.8, 4) is 11.5 Å². The fourth-order valence-electron chi connectivity index (χ4n) is 4.75. The molecule has 5 rings (SSSR count). The number of aromatic nitrogens is 1. The average molecular weight is 406 g/mol. The van der Waals surface area contributed by atoms with Crippen LogP contribution in [-0.4, -0.2) is 49.2 Å². The molecule has 0 atom stereocenters. The van der Waals surface area contributed by atoms with Crippen molar-refractivity contribution in [3.05, 3.63) is 59.8 Å². The van der Waals surface area contributed by atoms with Crippen molar-refractivity contribution in [1.29, 1.82) is 0 Å². The highest BCUT2D eigenvalue weighted by Crippen LogP contribution is 2.43. The lowest BCUT2D eigenvalue weighted by Gasteiger charge is -2.43. The summed E-state index contributed by atoms with van der Waals surface area (Å²) in [5.41, 5.74) is 3.41. The average Bonchev–Trinajstić information content (AvgIpc) is 3.19. The molecule has 1 N–H and O–H groups in total. The minimum atomic E-state index is -0.326. The molecule has 30 heavy (non-hydrogen) atoms. The van der Waals surface area contributed by atoms with Crippen LogP contribution < -0.4 is 9.47 Å². The third kappa shape index (κ3) is 3.21. The van der Waals surface area contributed by atoms with Crippen molar-refractivity contribution in [2.75, 3.05) is 33.4 Å². The second kappa shape index (κ2) is 7.69. The highest BCUT2D eigenvalue weighted by Gasteiger charge is 2.43. The topological polar surface area (TPSA) is 63.8 Å². The third-order valence-electron chi connectivity index (χ3n) is 6.34. The van der Waals surface area contributed by atoms with Crippen molar-refractivity contribution in [2.24, 2.45) is 0 Å².